The van der Waals surface area contributed by atoms with Crippen molar-refractivity contribution in [2.75, 3.05) is 11.4 Å². The van der Waals surface area contributed by atoms with E-state index in [1.165, 1.54) is 24.2 Å². The Bertz CT molecular complexity index is 294. The van der Waals surface area contributed by atoms with E-state index in [-0.39, 0.29) is 0 Å². The normalized spacial score (nSPS) is 16.1. The van der Waals surface area contributed by atoms with E-state index < -0.39 is 0 Å². The number of aryl methyl sites for hydroxylation is 1. The molecule has 0 saturated heterocycles. The molecule has 2 rings (SSSR count). The standard InChI is InChI=1S/C11H16N2/c1-9(2)13-8-4-6-10-5-3-7-12-11(10)13/h3,5,7,9H,4,6,8H2,1-2H3. The third kappa shape index (κ3) is 1.53. The number of anilines is 1. The van der Waals surface area contributed by atoms with Crippen LogP contribution < -0.4 is 4.90 Å². The van der Waals surface area contributed by atoms with E-state index in [0.717, 1.165) is 6.54 Å². The molecule has 0 aliphatic carbocycles. The second-order valence-corrected chi connectivity index (χ2v) is 3.88. The summed E-state index contributed by atoms with van der Waals surface area (Å²) in [6.07, 6.45) is 4.34. The summed E-state index contributed by atoms with van der Waals surface area (Å²) in [5.74, 6) is 1.20. The Morgan fingerprint density at radius 2 is 2.31 bits per heavy atom. The molecule has 0 aromatic carbocycles. The fourth-order valence-corrected chi connectivity index (χ4v) is 1.93. The molecule has 0 spiro atoms. The molecule has 0 atom stereocenters. The lowest BCUT2D eigenvalue weighted by Gasteiger charge is -2.33. The molecular formula is C11H16N2. The lowest BCUT2D eigenvalue weighted by atomic mass is 10.0. The SMILES string of the molecule is CC(C)N1CCCc2cccnc21. The molecule has 1 aromatic rings. The van der Waals surface area contributed by atoms with E-state index in [2.05, 4.69) is 29.8 Å². The summed E-state index contributed by atoms with van der Waals surface area (Å²) in [4.78, 5) is 6.84. The molecule has 0 radical (unpaired) electrons. The molecular weight excluding hydrogens is 160 g/mol. The topological polar surface area (TPSA) is 16.1 Å². The van der Waals surface area contributed by atoms with Crippen molar-refractivity contribution in [1.29, 1.82) is 0 Å². The number of aromatic nitrogens is 1. The summed E-state index contributed by atoms with van der Waals surface area (Å²) in [5, 5.41) is 0. The monoisotopic (exact) mass is 176 g/mol. The largest absolute Gasteiger partial charge is 0.354 e. The third-order valence-corrected chi connectivity index (χ3v) is 2.61. The van der Waals surface area contributed by atoms with Crippen LogP contribution in [0.4, 0.5) is 5.82 Å². The van der Waals surface area contributed by atoms with Crippen molar-refractivity contribution < 1.29 is 0 Å². The summed E-state index contributed by atoms with van der Waals surface area (Å²) in [6, 6.07) is 4.79. The van der Waals surface area contributed by atoms with Gasteiger partial charge in [0.25, 0.3) is 0 Å². The van der Waals surface area contributed by atoms with Crippen LogP contribution in [-0.2, 0) is 6.42 Å². The molecule has 0 N–H and O–H groups in total. The molecule has 2 heteroatoms. The van der Waals surface area contributed by atoms with Gasteiger partial charge in [0.05, 0.1) is 0 Å². The fourth-order valence-electron chi connectivity index (χ4n) is 1.93. The van der Waals surface area contributed by atoms with Crippen LogP contribution in [0, 0.1) is 0 Å². The van der Waals surface area contributed by atoms with E-state index >= 15 is 0 Å². The van der Waals surface area contributed by atoms with Crippen molar-refractivity contribution in [2.24, 2.45) is 0 Å². The predicted octanol–water partition coefficient (Wildman–Crippen LogP) is 2.24. The van der Waals surface area contributed by atoms with Gasteiger partial charge < -0.3 is 4.90 Å². The van der Waals surface area contributed by atoms with Crippen molar-refractivity contribution in [3.63, 3.8) is 0 Å². The van der Waals surface area contributed by atoms with Gasteiger partial charge in [-0.25, -0.2) is 4.98 Å². The minimum absolute atomic E-state index is 0.564. The first-order valence-electron chi connectivity index (χ1n) is 4.99. The van der Waals surface area contributed by atoms with Crippen molar-refractivity contribution in [1.82, 2.24) is 4.98 Å². The Balaban J connectivity index is 2.37. The lowest BCUT2D eigenvalue weighted by Crippen LogP contribution is -2.36. The van der Waals surface area contributed by atoms with E-state index in [9.17, 15) is 0 Å². The van der Waals surface area contributed by atoms with Gasteiger partial charge in [-0.2, -0.15) is 0 Å². The van der Waals surface area contributed by atoms with Crippen molar-refractivity contribution in [2.45, 2.75) is 32.7 Å². The summed E-state index contributed by atoms with van der Waals surface area (Å²) < 4.78 is 0. The molecule has 0 bridgehead atoms. The first-order valence-corrected chi connectivity index (χ1v) is 4.99. The van der Waals surface area contributed by atoms with E-state index in [1.54, 1.807) is 0 Å². The van der Waals surface area contributed by atoms with Gasteiger partial charge in [0, 0.05) is 18.8 Å². The zero-order chi connectivity index (χ0) is 9.26. The van der Waals surface area contributed by atoms with Crippen LogP contribution >= 0.6 is 0 Å². The average molecular weight is 176 g/mol. The second kappa shape index (κ2) is 3.36. The van der Waals surface area contributed by atoms with Gasteiger partial charge in [-0.1, -0.05) is 6.07 Å². The maximum absolute atomic E-state index is 4.45. The van der Waals surface area contributed by atoms with Gasteiger partial charge in [-0.05, 0) is 38.3 Å². The molecule has 2 heterocycles. The number of hydrogen-bond acceptors (Lipinski definition) is 2. The number of fused-ring (bicyclic) bond motifs is 1. The fraction of sp³-hybridized carbons (Fsp3) is 0.545. The summed E-state index contributed by atoms with van der Waals surface area (Å²) in [6.45, 7) is 5.61. The van der Waals surface area contributed by atoms with Crippen LogP contribution in [0.15, 0.2) is 18.3 Å². The maximum atomic E-state index is 4.45. The first kappa shape index (κ1) is 8.54. The highest BCUT2D eigenvalue weighted by Gasteiger charge is 2.19. The lowest BCUT2D eigenvalue weighted by molar-refractivity contribution is 0.615. The Hall–Kier alpha value is -1.05. The highest BCUT2D eigenvalue weighted by molar-refractivity contribution is 5.49. The predicted molar refractivity (Wildman–Crippen MR) is 55.0 cm³/mol. The number of nitrogens with zero attached hydrogens (tertiary/aromatic N) is 2. The maximum Gasteiger partial charge on any atom is 0.131 e. The summed E-state index contributed by atoms with van der Waals surface area (Å²) in [7, 11) is 0. The van der Waals surface area contributed by atoms with Gasteiger partial charge in [0.2, 0.25) is 0 Å². The Kier molecular flexibility index (Phi) is 2.21. The highest BCUT2D eigenvalue weighted by Crippen LogP contribution is 2.25. The molecule has 13 heavy (non-hydrogen) atoms. The molecule has 0 fully saturated rings. The minimum Gasteiger partial charge on any atom is -0.354 e. The van der Waals surface area contributed by atoms with Gasteiger partial charge in [0.15, 0.2) is 0 Å². The van der Waals surface area contributed by atoms with Crippen LogP contribution in [0.1, 0.15) is 25.8 Å². The van der Waals surface area contributed by atoms with E-state index in [4.69, 9.17) is 0 Å². The molecule has 70 valence electrons. The molecule has 1 aromatic heterocycles. The van der Waals surface area contributed by atoms with Crippen LogP contribution in [0.5, 0.6) is 0 Å². The molecule has 1 aliphatic heterocycles. The smallest absolute Gasteiger partial charge is 0.131 e. The zero-order valence-corrected chi connectivity index (χ0v) is 8.33. The van der Waals surface area contributed by atoms with Crippen molar-refractivity contribution >= 4 is 5.82 Å². The summed E-state index contributed by atoms with van der Waals surface area (Å²) >= 11 is 0. The van der Waals surface area contributed by atoms with E-state index in [0.29, 0.717) is 6.04 Å². The Morgan fingerprint density at radius 3 is 3.08 bits per heavy atom. The molecule has 0 saturated carbocycles. The molecule has 2 nitrogen and oxygen atoms in total. The van der Waals surface area contributed by atoms with Gasteiger partial charge in [-0.15, -0.1) is 0 Å². The van der Waals surface area contributed by atoms with Gasteiger partial charge in [0.1, 0.15) is 5.82 Å². The second-order valence-electron chi connectivity index (χ2n) is 3.88. The summed E-state index contributed by atoms with van der Waals surface area (Å²) in [5.41, 5.74) is 1.41. The molecule has 0 amide bonds. The minimum atomic E-state index is 0.564. The van der Waals surface area contributed by atoms with Crippen LogP contribution in [-0.4, -0.2) is 17.6 Å². The van der Waals surface area contributed by atoms with Gasteiger partial charge in [-0.3, -0.25) is 0 Å². The molecule has 1 aliphatic rings. The highest BCUT2D eigenvalue weighted by atomic mass is 15.2. The number of pyridine rings is 1. The van der Waals surface area contributed by atoms with Crippen LogP contribution in [0.3, 0.4) is 0 Å². The van der Waals surface area contributed by atoms with E-state index in [1.807, 2.05) is 12.3 Å². The molecule has 0 unspecified atom stereocenters. The van der Waals surface area contributed by atoms with Gasteiger partial charge >= 0.3 is 0 Å². The zero-order valence-electron chi connectivity index (χ0n) is 8.33. The Labute approximate surface area is 79.6 Å². The quantitative estimate of drug-likeness (QED) is 0.652. The first-order chi connectivity index (χ1) is 6.29. The van der Waals surface area contributed by atoms with Crippen molar-refractivity contribution in [3.8, 4) is 0 Å². The number of hydrogen-bond donors (Lipinski definition) is 0. The number of rotatable bonds is 1. The van der Waals surface area contributed by atoms with Crippen molar-refractivity contribution in [3.05, 3.63) is 23.9 Å². The third-order valence-electron chi connectivity index (χ3n) is 2.61. The Morgan fingerprint density at radius 1 is 1.46 bits per heavy atom. The average Bonchev–Trinajstić information content (AvgIpc) is 2.17. The van der Waals surface area contributed by atoms with Crippen LogP contribution in [0.25, 0.3) is 0 Å². The van der Waals surface area contributed by atoms with Crippen LogP contribution in [0.2, 0.25) is 0 Å².